The third-order valence-corrected chi connectivity index (χ3v) is 5.31. The number of anilines is 2. The largest absolute Gasteiger partial charge is 0.322 e. The van der Waals surface area contributed by atoms with Crippen LogP contribution in [0, 0.1) is 11.3 Å². The van der Waals surface area contributed by atoms with Gasteiger partial charge in [0.05, 0.1) is 11.9 Å². The van der Waals surface area contributed by atoms with Crippen LogP contribution in [-0.2, 0) is 12.8 Å². The number of aryl methyl sites for hydroxylation is 2. The zero-order chi connectivity index (χ0) is 20.3. The molecule has 7 heteroatoms. The maximum atomic E-state index is 9.45. The number of nitriles is 1. The summed E-state index contributed by atoms with van der Waals surface area (Å²) in [7, 11) is 0. The average Bonchev–Trinajstić information content (AvgIpc) is 3.22. The summed E-state index contributed by atoms with van der Waals surface area (Å²) < 4.78 is 1.58. The Morgan fingerprint density at radius 2 is 1.87 bits per heavy atom. The van der Waals surface area contributed by atoms with E-state index >= 15 is 0 Å². The summed E-state index contributed by atoms with van der Waals surface area (Å²) in [6.45, 7) is 0. The first kappa shape index (κ1) is 18.0. The van der Waals surface area contributed by atoms with Crippen LogP contribution in [-0.4, -0.2) is 25.0 Å². The van der Waals surface area contributed by atoms with Gasteiger partial charge in [0.15, 0.2) is 17.5 Å². The standard InChI is InChI=1S/C23H19N7/c24-14-19-15-26-30(22-7-3-4-12-25-22)23(19)27-21-11-10-20(28-29-21)18-9-8-16-5-1-2-6-17(16)13-18/h3-4,7-13,15H,1-2,5-6H2,(H,27,29). The monoisotopic (exact) mass is 393 g/mol. The molecule has 0 amide bonds. The van der Waals surface area contributed by atoms with Gasteiger partial charge in [0.2, 0.25) is 0 Å². The van der Waals surface area contributed by atoms with Gasteiger partial charge in [-0.25, -0.2) is 4.98 Å². The summed E-state index contributed by atoms with van der Waals surface area (Å²) in [5, 5.41) is 25.6. The Hall–Kier alpha value is -4.05. The molecule has 0 bridgehead atoms. The van der Waals surface area contributed by atoms with Crippen molar-refractivity contribution >= 4 is 11.6 Å². The second-order valence-corrected chi connectivity index (χ2v) is 7.24. The van der Waals surface area contributed by atoms with Crippen LogP contribution in [0.15, 0.2) is 60.9 Å². The fraction of sp³-hybridized carbons (Fsp3) is 0.174. The Bertz CT molecular complexity index is 1220. The van der Waals surface area contributed by atoms with Crippen LogP contribution in [0.3, 0.4) is 0 Å². The summed E-state index contributed by atoms with van der Waals surface area (Å²) in [6.07, 6.45) is 7.99. The van der Waals surface area contributed by atoms with E-state index in [9.17, 15) is 5.26 Å². The molecule has 3 aromatic heterocycles. The fourth-order valence-corrected chi connectivity index (χ4v) is 3.77. The normalized spacial score (nSPS) is 12.8. The lowest BCUT2D eigenvalue weighted by Gasteiger charge is -2.16. The smallest absolute Gasteiger partial charge is 0.155 e. The SMILES string of the molecule is N#Cc1cnn(-c2ccccn2)c1Nc1ccc(-c2ccc3c(c2)CCCC3)nn1. The number of pyridine rings is 1. The molecular weight excluding hydrogens is 374 g/mol. The first-order chi connectivity index (χ1) is 14.8. The van der Waals surface area contributed by atoms with E-state index in [1.54, 1.807) is 10.9 Å². The van der Waals surface area contributed by atoms with E-state index in [-0.39, 0.29) is 0 Å². The van der Waals surface area contributed by atoms with E-state index in [0.717, 1.165) is 24.1 Å². The molecule has 0 aliphatic heterocycles. The number of nitrogens with zero attached hydrogens (tertiary/aromatic N) is 6. The number of benzene rings is 1. The minimum Gasteiger partial charge on any atom is -0.322 e. The second-order valence-electron chi connectivity index (χ2n) is 7.24. The number of rotatable bonds is 4. The summed E-state index contributed by atoms with van der Waals surface area (Å²) in [5.74, 6) is 1.65. The van der Waals surface area contributed by atoms with Crippen molar-refractivity contribution in [2.45, 2.75) is 25.7 Å². The van der Waals surface area contributed by atoms with Gasteiger partial charge in [0.25, 0.3) is 0 Å². The van der Waals surface area contributed by atoms with Crippen molar-refractivity contribution in [3.05, 3.63) is 77.6 Å². The van der Waals surface area contributed by atoms with Gasteiger partial charge in [-0.3, -0.25) is 0 Å². The van der Waals surface area contributed by atoms with Gasteiger partial charge in [0, 0.05) is 11.8 Å². The Balaban J connectivity index is 1.42. The highest BCUT2D eigenvalue weighted by molar-refractivity contribution is 5.65. The molecule has 1 N–H and O–H groups in total. The molecule has 0 radical (unpaired) electrons. The molecule has 0 saturated heterocycles. The minimum atomic E-state index is 0.404. The van der Waals surface area contributed by atoms with Gasteiger partial charge < -0.3 is 5.32 Å². The van der Waals surface area contributed by atoms with Crippen LogP contribution in [0.2, 0.25) is 0 Å². The lowest BCUT2D eigenvalue weighted by Crippen LogP contribution is -2.06. The predicted octanol–water partition coefficient (Wildman–Crippen LogP) is 4.22. The van der Waals surface area contributed by atoms with Crippen molar-refractivity contribution < 1.29 is 0 Å². The number of nitrogens with one attached hydrogen (secondary N) is 1. The van der Waals surface area contributed by atoms with Gasteiger partial charge >= 0.3 is 0 Å². The molecule has 7 nitrogen and oxygen atoms in total. The van der Waals surface area contributed by atoms with Gasteiger partial charge in [-0.05, 0) is 67.1 Å². The number of fused-ring (bicyclic) bond motifs is 1. The summed E-state index contributed by atoms with van der Waals surface area (Å²) in [6, 6.07) is 18.0. The molecule has 0 fully saturated rings. The highest BCUT2D eigenvalue weighted by atomic mass is 15.4. The highest BCUT2D eigenvalue weighted by Crippen LogP contribution is 2.27. The van der Waals surface area contributed by atoms with Crippen LogP contribution >= 0.6 is 0 Å². The van der Waals surface area contributed by atoms with E-state index in [0.29, 0.717) is 23.0 Å². The summed E-state index contributed by atoms with van der Waals surface area (Å²) >= 11 is 0. The maximum absolute atomic E-state index is 9.45. The quantitative estimate of drug-likeness (QED) is 0.558. The molecule has 0 saturated carbocycles. The van der Waals surface area contributed by atoms with E-state index in [4.69, 9.17) is 0 Å². The molecule has 3 heterocycles. The van der Waals surface area contributed by atoms with E-state index < -0.39 is 0 Å². The Kier molecular flexibility index (Phi) is 4.66. The fourth-order valence-electron chi connectivity index (χ4n) is 3.77. The summed E-state index contributed by atoms with van der Waals surface area (Å²) in [4.78, 5) is 4.30. The third-order valence-electron chi connectivity index (χ3n) is 5.31. The molecule has 4 aromatic rings. The Morgan fingerprint density at radius 1 is 0.967 bits per heavy atom. The maximum Gasteiger partial charge on any atom is 0.155 e. The molecule has 146 valence electrons. The molecule has 0 atom stereocenters. The van der Waals surface area contributed by atoms with Crippen molar-refractivity contribution in [2.75, 3.05) is 5.32 Å². The van der Waals surface area contributed by atoms with Crippen LogP contribution in [0.1, 0.15) is 29.5 Å². The minimum absolute atomic E-state index is 0.404. The molecule has 1 aromatic carbocycles. The van der Waals surface area contributed by atoms with Crippen molar-refractivity contribution in [1.29, 1.82) is 5.26 Å². The molecule has 0 spiro atoms. The van der Waals surface area contributed by atoms with E-state index in [1.807, 2.05) is 30.3 Å². The Labute approximate surface area is 174 Å². The first-order valence-electron chi connectivity index (χ1n) is 9.94. The van der Waals surface area contributed by atoms with Gasteiger partial charge in [-0.15, -0.1) is 10.2 Å². The third kappa shape index (κ3) is 3.40. The van der Waals surface area contributed by atoms with Crippen molar-refractivity contribution in [1.82, 2.24) is 25.0 Å². The van der Waals surface area contributed by atoms with Gasteiger partial charge in [-0.2, -0.15) is 15.0 Å². The number of hydrogen-bond donors (Lipinski definition) is 1. The molecule has 1 aliphatic carbocycles. The highest BCUT2D eigenvalue weighted by Gasteiger charge is 2.15. The topological polar surface area (TPSA) is 92.3 Å². The zero-order valence-corrected chi connectivity index (χ0v) is 16.3. The van der Waals surface area contributed by atoms with Gasteiger partial charge in [0.1, 0.15) is 11.6 Å². The lowest BCUT2D eigenvalue weighted by molar-refractivity contribution is 0.686. The second kappa shape index (κ2) is 7.76. The van der Waals surface area contributed by atoms with Crippen molar-refractivity contribution in [3.8, 4) is 23.1 Å². The van der Waals surface area contributed by atoms with Gasteiger partial charge in [-0.1, -0.05) is 18.2 Å². The zero-order valence-electron chi connectivity index (χ0n) is 16.3. The van der Waals surface area contributed by atoms with E-state index in [1.165, 1.54) is 30.2 Å². The Morgan fingerprint density at radius 3 is 2.63 bits per heavy atom. The lowest BCUT2D eigenvalue weighted by atomic mass is 9.90. The molecule has 1 aliphatic rings. The number of aromatic nitrogens is 5. The van der Waals surface area contributed by atoms with Crippen LogP contribution < -0.4 is 5.32 Å². The van der Waals surface area contributed by atoms with Crippen molar-refractivity contribution in [3.63, 3.8) is 0 Å². The molecule has 30 heavy (non-hydrogen) atoms. The molecule has 5 rings (SSSR count). The number of hydrogen-bond acceptors (Lipinski definition) is 6. The van der Waals surface area contributed by atoms with E-state index in [2.05, 4.69) is 49.9 Å². The summed E-state index contributed by atoms with van der Waals surface area (Å²) in [5.41, 5.74) is 5.17. The van der Waals surface area contributed by atoms with Crippen LogP contribution in [0.4, 0.5) is 11.6 Å². The van der Waals surface area contributed by atoms with Crippen molar-refractivity contribution in [2.24, 2.45) is 0 Å². The predicted molar refractivity (Wildman–Crippen MR) is 113 cm³/mol. The van der Waals surface area contributed by atoms with Crippen LogP contribution in [0.25, 0.3) is 17.1 Å². The molecular formula is C23H19N7. The van der Waals surface area contributed by atoms with Crippen LogP contribution in [0.5, 0.6) is 0 Å². The average molecular weight is 393 g/mol. The first-order valence-corrected chi connectivity index (χ1v) is 9.94. The molecule has 0 unspecified atom stereocenters.